The van der Waals surface area contributed by atoms with Crippen molar-refractivity contribution in [3.8, 4) is 0 Å². The van der Waals surface area contributed by atoms with Crippen molar-refractivity contribution in [1.29, 1.82) is 0 Å². The van der Waals surface area contributed by atoms with Gasteiger partial charge in [0.25, 0.3) is 5.91 Å². The zero-order chi connectivity index (χ0) is 18.7. The number of carbonyl (C=O) groups is 3. The summed E-state index contributed by atoms with van der Waals surface area (Å²) in [7, 11) is 0. The van der Waals surface area contributed by atoms with Crippen molar-refractivity contribution < 1.29 is 14.4 Å². The Kier molecular flexibility index (Phi) is 5.32. The number of benzene rings is 1. The third kappa shape index (κ3) is 3.60. The standard InChI is InChI=1S/C18H17BrN4O3/c1-2-23-14-4-3-12(19)9-13(14)15(18(23)26)22-17(25)16(24)21-10-11-5-7-20-8-6-11/h3-9,15H,2,10H2,1H3,(H,21,24)(H,22,25)/t15-/m1/s1. The number of halogens is 1. The lowest BCUT2D eigenvalue weighted by atomic mass is 10.1. The maximum absolute atomic E-state index is 12.6. The van der Waals surface area contributed by atoms with E-state index in [-0.39, 0.29) is 12.5 Å². The van der Waals surface area contributed by atoms with Crippen LogP contribution in [0.3, 0.4) is 0 Å². The Labute approximate surface area is 158 Å². The van der Waals surface area contributed by atoms with Crippen LogP contribution in [0.15, 0.2) is 47.2 Å². The smallest absolute Gasteiger partial charge is 0.310 e. The zero-order valence-corrected chi connectivity index (χ0v) is 15.6. The van der Waals surface area contributed by atoms with Gasteiger partial charge in [-0.1, -0.05) is 15.9 Å². The monoisotopic (exact) mass is 416 g/mol. The highest BCUT2D eigenvalue weighted by molar-refractivity contribution is 9.10. The summed E-state index contributed by atoms with van der Waals surface area (Å²) in [6.45, 7) is 2.54. The number of pyridine rings is 1. The first kappa shape index (κ1) is 18.1. The number of amides is 3. The van der Waals surface area contributed by atoms with Crippen LogP contribution in [-0.2, 0) is 20.9 Å². The molecule has 0 radical (unpaired) electrons. The van der Waals surface area contributed by atoms with Crippen LogP contribution in [0.2, 0.25) is 0 Å². The van der Waals surface area contributed by atoms with Crippen molar-refractivity contribution in [2.75, 3.05) is 11.4 Å². The summed E-state index contributed by atoms with van der Waals surface area (Å²) < 4.78 is 0.795. The van der Waals surface area contributed by atoms with Gasteiger partial charge in [0.05, 0.1) is 0 Å². The Hall–Kier alpha value is -2.74. The molecule has 1 aliphatic rings. The van der Waals surface area contributed by atoms with Gasteiger partial charge < -0.3 is 15.5 Å². The van der Waals surface area contributed by atoms with E-state index in [0.717, 1.165) is 15.7 Å². The van der Waals surface area contributed by atoms with Gasteiger partial charge in [-0.05, 0) is 42.8 Å². The Morgan fingerprint density at radius 2 is 1.92 bits per heavy atom. The van der Waals surface area contributed by atoms with E-state index >= 15 is 0 Å². The summed E-state index contributed by atoms with van der Waals surface area (Å²) in [5, 5.41) is 5.07. The Morgan fingerprint density at radius 1 is 1.19 bits per heavy atom. The highest BCUT2D eigenvalue weighted by atomic mass is 79.9. The summed E-state index contributed by atoms with van der Waals surface area (Å²) in [6, 6.07) is 8.04. The third-order valence-corrected chi connectivity index (χ3v) is 4.60. The Morgan fingerprint density at radius 3 is 2.62 bits per heavy atom. The van der Waals surface area contributed by atoms with E-state index in [0.29, 0.717) is 12.1 Å². The number of rotatable bonds is 4. The van der Waals surface area contributed by atoms with Crippen LogP contribution >= 0.6 is 15.9 Å². The molecule has 1 aromatic heterocycles. The quantitative estimate of drug-likeness (QED) is 0.741. The van der Waals surface area contributed by atoms with Gasteiger partial charge in [0, 0.05) is 41.2 Å². The van der Waals surface area contributed by atoms with Gasteiger partial charge >= 0.3 is 11.8 Å². The van der Waals surface area contributed by atoms with E-state index in [2.05, 4.69) is 31.5 Å². The van der Waals surface area contributed by atoms with E-state index in [4.69, 9.17) is 0 Å². The van der Waals surface area contributed by atoms with Gasteiger partial charge in [-0.2, -0.15) is 0 Å². The highest BCUT2D eigenvalue weighted by Gasteiger charge is 2.38. The molecule has 0 spiro atoms. The van der Waals surface area contributed by atoms with Crippen molar-refractivity contribution in [3.63, 3.8) is 0 Å². The molecule has 1 aromatic carbocycles. The van der Waals surface area contributed by atoms with Crippen LogP contribution in [0.4, 0.5) is 5.69 Å². The van der Waals surface area contributed by atoms with Crippen molar-refractivity contribution in [3.05, 3.63) is 58.3 Å². The SMILES string of the molecule is CCN1C(=O)[C@H](NC(=O)C(=O)NCc2ccncc2)c2cc(Br)ccc21. The van der Waals surface area contributed by atoms with E-state index in [1.807, 2.05) is 19.1 Å². The number of likely N-dealkylation sites (N-methyl/N-ethyl adjacent to an activating group) is 1. The first-order valence-corrected chi connectivity index (χ1v) is 8.89. The predicted molar refractivity (Wildman–Crippen MR) is 99.1 cm³/mol. The molecular formula is C18H17BrN4O3. The molecule has 2 aromatic rings. The predicted octanol–water partition coefficient (Wildman–Crippen LogP) is 1.68. The maximum Gasteiger partial charge on any atom is 0.310 e. The number of fused-ring (bicyclic) bond motifs is 1. The molecule has 0 saturated heterocycles. The molecule has 2 N–H and O–H groups in total. The minimum absolute atomic E-state index is 0.205. The fraction of sp³-hybridized carbons (Fsp3) is 0.222. The zero-order valence-electron chi connectivity index (χ0n) is 14.0. The molecule has 0 fully saturated rings. The number of hydrogen-bond acceptors (Lipinski definition) is 4. The molecule has 1 atom stereocenters. The number of carbonyl (C=O) groups excluding carboxylic acids is 3. The summed E-state index contributed by atoms with van der Waals surface area (Å²) in [6.07, 6.45) is 3.21. The normalized spacial score (nSPS) is 15.5. The van der Waals surface area contributed by atoms with Crippen LogP contribution in [0, 0.1) is 0 Å². The van der Waals surface area contributed by atoms with Gasteiger partial charge in [-0.25, -0.2) is 0 Å². The molecule has 3 amide bonds. The van der Waals surface area contributed by atoms with E-state index in [9.17, 15) is 14.4 Å². The van der Waals surface area contributed by atoms with Crippen molar-refractivity contribution in [2.24, 2.45) is 0 Å². The summed E-state index contributed by atoms with van der Waals surface area (Å²) in [5.74, 6) is -1.89. The summed E-state index contributed by atoms with van der Waals surface area (Å²) >= 11 is 3.37. The molecule has 134 valence electrons. The second-order valence-corrected chi connectivity index (χ2v) is 6.65. The second-order valence-electron chi connectivity index (χ2n) is 5.73. The lowest BCUT2D eigenvalue weighted by molar-refractivity contribution is -0.140. The third-order valence-electron chi connectivity index (χ3n) is 4.10. The van der Waals surface area contributed by atoms with Gasteiger partial charge in [0.15, 0.2) is 0 Å². The first-order chi connectivity index (χ1) is 12.5. The average Bonchev–Trinajstić information content (AvgIpc) is 2.91. The number of nitrogens with one attached hydrogen (secondary N) is 2. The topological polar surface area (TPSA) is 91.4 Å². The molecule has 3 rings (SSSR count). The van der Waals surface area contributed by atoms with Crippen LogP contribution < -0.4 is 15.5 Å². The molecule has 0 bridgehead atoms. The highest BCUT2D eigenvalue weighted by Crippen LogP contribution is 2.37. The van der Waals surface area contributed by atoms with E-state index in [1.54, 1.807) is 35.5 Å². The number of aromatic nitrogens is 1. The maximum atomic E-state index is 12.6. The van der Waals surface area contributed by atoms with Gasteiger partial charge in [-0.3, -0.25) is 19.4 Å². The molecule has 7 nitrogen and oxygen atoms in total. The van der Waals surface area contributed by atoms with Crippen LogP contribution in [-0.4, -0.2) is 29.3 Å². The van der Waals surface area contributed by atoms with Crippen molar-refractivity contribution in [2.45, 2.75) is 19.5 Å². The molecule has 0 unspecified atom stereocenters. The van der Waals surface area contributed by atoms with Crippen LogP contribution in [0.25, 0.3) is 0 Å². The molecule has 2 heterocycles. The molecular weight excluding hydrogens is 400 g/mol. The molecule has 0 aliphatic carbocycles. The summed E-state index contributed by atoms with van der Waals surface area (Å²) in [5.41, 5.74) is 2.23. The van der Waals surface area contributed by atoms with Crippen LogP contribution in [0.1, 0.15) is 24.1 Å². The fourth-order valence-corrected chi connectivity index (χ4v) is 3.21. The Bertz CT molecular complexity index is 857. The van der Waals surface area contributed by atoms with Gasteiger partial charge in [0.1, 0.15) is 6.04 Å². The average molecular weight is 417 g/mol. The second kappa shape index (κ2) is 7.65. The van der Waals surface area contributed by atoms with Gasteiger partial charge in [0.2, 0.25) is 0 Å². The van der Waals surface area contributed by atoms with E-state index < -0.39 is 17.9 Å². The molecule has 0 saturated carbocycles. The number of hydrogen-bond donors (Lipinski definition) is 2. The van der Waals surface area contributed by atoms with Crippen molar-refractivity contribution in [1.82, 2.24) is 15.6 Å². The fourth-order valence-electron chi connectivity index (χ4n) is 2.84. The minimum atomic E-state index is -0.873. The minimum Gasteiger partial charge on any atom is -0.344 e. The molecule has 26 heavy (non-hydrogen) atoms. The van der Waals surface area contributed by atoms with Gasteiger partial charge in [-0.15, -0.1) is 0 Å². The lowest BCUT2D eigenvalue weighted by Gasteiger charge is -2.15. The lowest BCUT2D eigenvalue weighted by Crippen LogP contribution is -2.44. The Balaban J connectivity index is 1.70. The first-order valence-electron chi connectivity index (χ1n) is 8.09. The number of nitrogens with zero attached hydrogens (tertiary/aromatic N) is 2. The number of anilines is 1. The molecule has 1 aliphatic heterocycles. The van der Waals surface area contributed by atoms with Crippen molar-refractivity contribution >= 4 is 39.3 Å². The molecule has 8 heteroatoms. The van der Waals surface area contributed by atoms with Crippen LogP contribution in [0.5, 0.6) is 0 Å². The summed E-state index contributed by atoms with van der Waals surface area (Å²) in [4.78, 5) is 42.4. The largest absolute Gasteiger partial charge is 0.344 e. The van der Waals surface area contributed by atoms with E-state index in [1.165, 1.54) is 0 Å².